The molecule has 1 fully saturated rings. The van der Waals surface area contributed by atoms with Crippen LogP contribution < -0.4 is 0 Å². The molecule has 2 aliphatic rings. The zero-order valence-electron chi connectivity index (χ0n) is 76.9. The summed E-state index contributed by atoms with van der Waals surface area (Å²) in [7, 11) is 1.71. The maximum absolute atomic E-state index is 13.5. The van der Waals surface area contributed by atoms with E-state index in [2.05, 4.69) is 19.9 Å². The van der Waals surface area contributed by atoms with E-state index in [0.717, 1.165) is 101 Å². The second-order valence-electron chi connectivity index (χ2n) is 33.1. The Balaban J connectivity index is 0.000000191. The van der Waals surface area contributed by atoms with E-state index in [-0.39, 0.29) is 57.7 Å². The quantitative estimate of drug-likeness (QED) is 0.0180. The van der Waals surface area contributed by atoms with Crippen LogP contribution >= 0.6 is 11.3 Å². The van der Waals surface area contributed by atoms with Gasteiger partial charge in [0.25, 0.3) is 0 Å². The third-order valence-electron chi connectivity index (χ3n) is 22.5. The SMILES string of the molecule is CC(C(=O)O)c1ccc(C(=O)c2ccccc2)s1.CC(C(=O)O)c1ccc(CC2CCCC2=O)cc1.CC(C)Cc1ccc([C@H](C)C(=O)O)cc1.CCCOC(=O)c1ccccc1O.Cc1ccc(C(=O)c2ccc(CC(=O)O)n2C)cc1.Cc1ccc2cc([C@H](C)C(=O)O)ccc2c1.O=C(O)c1cc(-c2ccc(F)cc2F)ccc1O.O=C(c1ccccc1)c1ccc2n1CCC2C(=O)O. The Morgan fingerprint density at radius 3 is 1.55 bits per heavy atom. The minimum Gasteiger partial charge on any atom is -0.507 e. The molecule has 24 nitrogen and oxygen atoms in total. The third-order valence-corrected chi connectivity index (χ3v) is 23.8. The van der Waals surface area contributed by atoms with Crippen LogP contribution in [0, 0.1) is 37.3 Å². The zero-order chi connectivity index (χ0) is 99.7. The molecular formula is C109H110F2N2O22S. The molecule has 0 spiro atoms. The molecule has 3 aromatic heterocycles. The summed E-state index contributed by atoms with van der Waals surface area (Å²) in [4.78, 5) is 137. The van der Waals surface area contributed by atoms with Gasteiger partial charge in [-0.15, -0.1) is 11.3 Å². The van der Waals surface area contributed by atoms with Crippen molar-refractivity contribution in [3.8, 4) is 22.6 Å². The molecule has 0 bridgehead atoms. The smallest absolute Gasteiger partial charge is 0.341 e. The predicted octanol–water partition coefficient (Wildman–Crippen LogP) is 21.8. The Morgan fingerprint density at radius 2 is 1.01 bits per heavy atom. The van der Waals surface area contributed by atoms with E-state index in [0.29, 0.717) is 80.9 Å². The van der Waals surface area contributed by atoms with Gasteiger partial charge in [-0.05, 0) is 203 Å². The number of esters is 1. The number of phenolic OH excluding ortho intramolecular Hbond substituents is 1. The number of fused-ring (bicyclic) bond motifs is 2. The van der Waals surface area contributed by atoms with Gasteiger partial charge in [0, 0.05) is 70.5 Å². The largest absolute Gasteiger partial charge is 0.507 e. The number of carboxylic acids is 7. The Hall–Kier alpha value is -15.4. The van der Waals surface area contributed by atoms with Gasteiger partial charge in [-0.2, -0.15) is 0 Å². The number of halogens is 2. The molecule has 15 rings (SSSR count). The summed E-state index contributed by atoms with van der Waals surface area (Å²) in [6, 6.07) is 76.0. The minimum atomic E-state index is -1.32. The Morgan fingerprint density at radius 1 is 0.485 bits per heavy atom. The number of phenols is 2. The Bertz CT molecular complexity index is 6360. The maximum atomic E-state index is 13.5. The van der Waals surface area contributed by atoms with Crippen molar-refractivity contribution in [2.24, 2.45) is 18.9 Å². The number of carbonyl (C=O) groups excluding carboxylic acids is 5. The number of Topliss-reactive ketones (excluding diaryl/α,β-unsaturated/α-hetero) is 1. The van der Waals surface area contributed by atoms with Gasteiger partial charge in [-0.25, -0.2) is 18.4 Å². The molecule has 708 valence electrons. The molecule has 136 heavy (non-hydrogen) atoms. The number of aliphatic carboxylic acids is 6. The Labute approximate surface area is 790 Å². The second kappa shape index (κ2) is 51.0. The molecule has 27 heteroatoms. The fourth-order valence-corrected chi connectivity index (χ4v) is 15.5. The van der Waals surface area contributed by atoms with Crippen LogP contribution in [0.25, 0.3) is 21.9 Å². The number of para-hydroxylation sites is 1. The van der Waals surface area contributed by atoms with Crippen LogP contribution in [0.2, 0.25) is 0 Å². The number of thiophene rings is 1. The van der Waals surface area contributed by atoms with Gasteiger partial charge in [0.1, 0.15) is 40.0 Å². The molecule has 6 atom stereocenters. The molecule has 0 radical (unpaired) electrons. The average molecular weight is 1870 g/mol. The van der Waals surface area contributed by atoms with E-state index in [1.807, 2.05) is 153 Å². The number of ether oxygens (including phenoxy) is 1. The van der Waals surface area contributed by atoms with Crippen LogP contribution in [0.3, 0.4) is 0 Å². The summed E-state index contributed by atoms with van der Waals surface area (Å²) in [5.41, 5.74) is 11.7. The highest BCUT2D eigenvalue weighted by Crippen LogP contribution is 2.35. The van der Waals surface area contributed by atoms with Crippen molar-refractivity contribution in [3.63, 3.8) is 0 Å². The first kappa shape index (κ1) is 106. The topological polar surface area (TPSA) is 406 Å². The van der Waals surface area contributed by atoms with Crippen LogP contribution in [0.15, 0.2) is 267 Å². The van der Waals surface area contributed by atoms with Gasteiger partial charge in [0.15, 0.2) is 0 Å². The van der Waals surface area contributed by atoms with E-state index in [4.69, 9.17) is 40.5 Å². The van der Waals surface area contributed by atoms with Crippen molar-refractivity contribution in [2.45, 2.75) is 150 Å². The summed E-state index contributed by atoms with van der Waals surface area (Å²) in [6.07, 6.45) is 5.81. The lowest BCUT2D eigenvalue weighted by Crippen LogP contribution is -2.11. The number of aryl methyl sites for hydroxylation is 2. The van der Waals surface area contributed by atoms with Crippen LogP contribution in [0.4, 0.5) is 8.78 Å². The normalized spacial score (nSPS) is 13.4. The Kier molecular flexibility index (Phi) is 39.8. The van der Waals surface area contributed by atoms with Crippen molar-refractivity contribution in [1.29, 1.82) is 0 Å². The lowest BCUT2D eigenvalue weighted by atomic mass is 9.94. The molecule has 1 aliphatic heterocycles. The van der Waals surface area contributed by atoms with Gasteiger partial charge in [-0.1, -0.05) is 220 Å². The van der Waals surface area contributed by atoms with Gasteiger partial charge in [-0.3, -0.25) is 47.9 Å². The number of benzene rings is 10. The average Bonchev–Trinajstić information content (AvgIpc) is 1.43. The standard InChI is InChI=1S/C15H13NO3.C15H15NO3.C15H18O3.C14H12O3S.C14H14O2.C13H8F2O3.C13H18O2.C10H12O3/c17-14(10-4-2-1-3-5-10)13-7-6-12-11(15(18)19)8-9-16(12)13;1-10-3-5-11(6-4-10)15(19)13-8-7-12(16(13)2)9-14(17)18;1-10(15(17)18)12-7-5-11(6-8-12)9-13-3-2-4-14(13)16;1-9(14(16)17)11-7-8-12(18-11)13(15)10-5-3-2-4-6-10;1-9-3-4-13-8-11(10(2)14(15)16)5-6-12(13)7-9;14-8-2-3-9(11(15)6-8)7-1-4-12(16)10(5-7)13(17)18;1-9(2)8-11-4-6-12(7-5-11)10(3)13(14)15;1-2-7-13-10(12)8-5-3-4-6-9(8)11/h1-7,11H,8-9H2,(H,18,19);3-8H,9H2,1-2H3,(H,17,18);5-8,10,13H,2-4,9H2,1H3,(H,17,18);2-9H,1H3,(H,16,17);3-8,10H,1-2H3,(H,15,16);1-6,16H,(H,17,18);4-7,9-10H,8H2,1-3H3,(H,14,15);3-6,11H,2,7H2,1H3/t;;;;10-;;10-;/m....0.0./s1. The maximum Gasteiger partial charge on any atom is 0.341 e. The molecule has 13 aromatic rings. The van der Waals surface area contributed by atoms with Crippen molar-refractivity contribution >= 4 is 93.0 Å². The van der Waals surface area contributed by atoms with Gasteiger partial charge in [0.2, 0.25) is 17.3 Å². The van der Waals surface area contributed by atoms with Crippen molar-refractivity contribution in [2.75, 3.05) is 6.61 Å². The molecule has 1 aliphatic carbocycles. The van der Waals surface area contributed by atoms with E-state index < -0.39 is 94.7 Å². The first-order chi connectivity index (χ1) is 64.7. The summed E-state index contributed by atoms with van der Waals surface area (Å²) in [5, 5.41) is 83.3. The number of rotatable bonds is 26. The van der Waals surface area contributed by atoms with Crippen LogP contribution in [0.1, 0.15) is 233 Å². The number of hydrogen-bond donors (Lipinski definition) is 9. The number of hydrogen-bond acceptors (Lipinski definition) is 16. The van der Waals surface area contributed by atoms with Crippen molar-refractivity contribution in [3.05, 3.63) is 378 Å². The number of aromatic carboxylic acids is 1. The molecule has 0 saturated heterocycles. The van der Waals surface area contributed by atoms with Gasteiger partial charge in [0.05, 0.1) is 58.9 Å². The predicted molar refractivity (Wildman–Crippen MR) is 514 cm³/mol. The molecule has 10 aromatic carbocycles. The van der Waals surface area contributed by atoms with E-state index in [9.17, 15) is 76.5 Å². The lowest BCUT2D eigenvalue weighted by Gasteiger charge is -2.10. The fourth-order valence-electron chi connectivity index (χ4n) is 14.5. The van der Waals surface area contributed by atoms with Gasteiger partial charge >= 0.3 is 47.8 Å². The lowest BCUT2D eigenvalue weighted by molar-refractivity contribution is -0.139. The van der Waals surface area contributed by atoms with E-state index in [1.165, 1.54) is 46.7 Å². The summed E-state index contributed by atoms with van der Waals surface area (Å²) in [6.45, 7) is 18.0. The monoisotopic (exact) mass is 1870 g/mol. The number of carbonyl (C=O) groups is 12. The molecule has 4 heterocycles. The van der Waals surface area contributed by atoms with Crippen molar-refractivity contribution < 1.29 is 117 Å². The number of carboxylic acid groups (broad SMARTS) is 7. The van der Waals surface area contributed by atoms with Gasteiger partial charge < -0.3 is 59.8 Å². The first-order valence-electron chi connectivity index (χ1n) is 43.9. The highest BCUT2D eigenvalue weighted by atomic mass is 32.1. The molecule has 0 amide bonds. The summed E-state index contributed by atoms with van der Waals surface area (Å²) >= 11 is 1.24. The fraction of sp³-hybridized carbons (Fsp3) is 0.248. The zero-order valence-corrected chi connectivity index (χ0v) is 77.7. The summed E-state index contributed by atoms with van der Waals surface area (Å²) < 4.78 is 34.6. The number of ketones is 4. The van der Waals surface area contributed by atoms with Crippen LogP contribution in [-0.2, 0) is 71.2 Å². The second-order valence-corrected chi connectivity index (χ2v) is 34.2. The number of nitrogens with zero attached hydrogens (tertiary/aromatic N) is 2. The van der Waals surface area contributed by atoms with Crippen molar-refractivity contribution in [1.82, 2.24) is 9.13 Å². The van der Waals surface area contributed by atoms with Crippen LogP contribution in [0.5, 0.6) is 11.5 Å². The van der Waals surface area contributed by atoms with E-state index in [1.54, 1.807) is 124 Å². The number of aromatic hydroxyl groups is 2. The van der Waals surface area contributed by atoms with Crippen LogP contribution in [-0.4, -0.2) is 133 Å². The molecular weight excluding hydrogens is 1760 g/mol. The number of aromatic nitrogens is 2. The summed E-state index contributed by atoms with van der Waals surface area (Å²) in [5.74, 6) is -10.2. The molecule has 4 unspecified atom stereocenters. The first-order valence-corrected chi connectivity index (χ1v) is 44.8. The van der Waals surface area contributed by atoms with E-state index >= 15 is 0 Å². The minimum absolute atomic E-state index is 0.0383. The highest BCUT2D eigenvalue weighted by molar-refractivity contribution is 7.14. The highest BCUT2D eigenvalue weighted by Gasteiger charge is 2.32. The third kappa shape index (κ3) is 30.6. The molecule has 9 N–H and O–H groups in total. The molecule has 1 saturated carbocycles.